The van der Waals surface area contributed by atoms with Crippen LogP contribution < -0.4 is 10.5 Å². The normalized spacial score (nSPS) is 23.1. The fraction of sp³-hybridized carbons (Fsp3) is 0.519. The van der Waals surface area contributed by atoms with Crippen LogP contribution in [0, 0.1) is 5.82 Å². The molecule has 3 unspecified atom stereocenters. The van der Waals surface area contributed by atoms with Gasteiger partial charge in [0.25, 0.3) is 5.91 Å². The molecule has 200 valence electrons. The van der Waals surface area contributed by atoms with Crippen LogP contribution in [0.25, 0.3) is 5.57 Å². The summed E-state index contributed by atoms with van der Waals surface area (Å²) in [5.74, 6) is -0.161. The van der Waals surface area contributed by atoms with E-state index in [9.17, 15) is 14.3 Å². The number of likely N-dealkylation sites (tertiary alicyclic amines) is 1. The molecule has 4 atom stereocenters. The van der Waals surface area contributed by atoms with Gasteiger partial charge in [-0.25, -0.2) is 14.4 Å². The quantitative estimate of drug-likeness (QED) is 0.506. The van der Waals surface area contributed by atoms with Gasteiger partial charge in [0.2, 0.25) is 0 Å². The van der Waals surface area contributed by atoms with Gasteiger partial charge in [0.05, 0.1) is 35.9 Å². The second-order valence-electron chi connectivity index (χ2n) is 9.85. The number of hydrogen-bond donors (Lipinski definition) is 2. The van der Waals surface area contributed by atoms with E-state index in [0.717, 1.165) is 13.0 Å². The number of carbonyl (C=O) groups is 1. The highest BCUT2D eigenvalue weighted by Crippen LogP contribution is 2.32. The fourth-order valence-electron chi connectivity index (χ4n) is 5.24. The summed E-state index contributed by atoms with van der Waals surface area (Å²) in [6.07, 6.45) is 5.37. The number of amides is 1. The Morgan fingerprint density at radius 2 is 2.03 bits per heavy atom. The van der Waals surface area contributed by atoms with Crippen LogP contribution in [0.2, 0.25) is 5.02 Å². The minimum absolute atomic E-state index is 0.0840. The maximum absolute atomic E-state index is 14.3. The van der Waals surface area contributed by atoms with Gasteiger partial charge in [0.1, 0.15) is 11.6 Å². The molecule has 1 saturated heterocycles. The number of rotatable bonds is 9. The van der Waals surface area contributed by atoms with Gasteiger partial charge in [-0.1, -0.05) is 25.4 Å². The summed E-state index contributed by atoms with van der Waals surface area (Å²) in [4.78, 5) is 25.9. The van der Waals surface area contributed by atoms with Crippen LogP contribution in [0.3, 0.4) is 0 Å². The summed E-state index contributed by atoms with van der Waals surface area (Å²) in [5.41, 5.74) is 7.66. The molecule has 8 nitrogen and oxygen atoms in total. The van der Waals surface area contributed by atoms with Crippen LogP contribution in [0.15, 0.2) is 36.3 Å². The Labute approximate surface area is 222 Å². The standard InChI is InChI=1S/C27H35ClFN5O3/c1-4-8-34-16(3)24(35)11-19(34)10-20(5-2)37-25-9-18(29)6-7-21(25)27(36)33-14-22(23(30)15-33)26-31-12-17(28)13-32-26/h6-7,9,12-13,16,19-20,24,35H,4-5,8,10-11,14-15,30H2,1-3H3/t16?,19?,20-,24?/m1/s1. The molecule has 3 heterocycles. The van der Waals surface area contributed by atoms with Crippen LogP contribution in [-0.4, -0.2) is 74.7 Å². The van der Waals surface area contributed by atoms with E-state index in [1.54, 1.807) is 4.90 Å². The first-order valence-electron chi connectivity index (χ1n) is 12.9. The lowest BCUT2D eigenvalue weighted by atomic mass is 10.0. The van der Waals surface area contributed by atoms with Gasteiger partial charge < -0.3 is 20.5 Å². The van der Waals surface area contributed by atoms with Crippen molar-refractivity contribution in [1.29, 1.82) is 0 Å². The van der Waals surface area contributed by atoms with Crippen molar-refractivity contribution in [3.05, 3.63) is 58.5 Å². The lowest BCUT2D eigenvalue weighted by molar-refractivity contribution is 0.0784. The zero-order chi connectivity index (χ0) is 26.7. The third-order valence-electron chi connectivity index (χ3n) is 7.28. The largest absolute Gasteiger partial charge is 0.489 e. The number of nitrogens with zero attached hydrogens (tertiary/aromatic N) is 4. The Kier molecular flexibility index (Phi) is 8.67. The summed E-state index contributed by atoms with van der Waals surface area (Å²) < 4.78 is 20.6. The second kappa shape index (κ2) is 11.8. The molecule has 2 aromatic rings. The summed E-state index contributed by atoms with van der Waals surface area (Å²) in [5, 5.41) is 10.9. The van der Waals surface area contributed by atoms with E-state index in [1.807, 2.05) is 13.8 Å². The first-order chi connectivity index (χ1) is 17.7. The van der Waals surface area contributed by atoms with Crippen molar-refractivity contribution < 1.29 is 19.0 Å². The number of ether oxygens (including phenoxy) is 1. The van der Waals surface area contributed by atoms with Crippen molar-refractivity contribution in [2.24, 2.45) is 5.73 Å². The molecule has 0 saturated carbocycles. The molecule has 1 aromatic carbocycles. The summed E-state index contributed by atoms with van der Waals surface area (Å²) in [7, 11) is 0. The van der Waals surface area contributed by atoms with Crippen molar-refractivity contribution >= 4 is 23.1 Å². The first-order valence-corrected chi connectivity index (χ1v) is 13.2. The van der Waals surface area contributed by atoms with Gasteiger partial charge in [-0.05, 0) is 51.3 Å². The summed E-state index contributed by atoms with van der Waals surface area (Å²) in [6.45, 7) is 7.50. The molecule has 2 aliphatic rings. The minimum Gasteiger partial charge on any atom is -0.489 e. The molecule has 0 bridgehead atoms. The molecule has 1 amide bonds. The average Bonchev–Trinajstić information content (AvgIpc) is 3.38. The topological polar surface area (TPSA) is 105 Å². The summed E-state index contributed by atoms with van der Waals surface area (Å²) >= 11 is 5.89. The average molecular weight is 532 g/mol. The number of aromatic nitrogens is 2. The molecule has 2 aliphatic heterocycles. The van der Waals surface area contributed by atoms with Crippen molar-refractivity contribution in [3.8, 4) is 5.75 Å². The van der Waals surface area contributed by atoms with Crippen molar-refractivity contribution in [2.45, 2.75) is 70.7 Å². The van der Waals surface area contributed by atoms with Gasteiger partial charge in [0, 0.05) is 41.8 Å². The van der Waals surface area contributed by atoms with E-state index >= 15 is 0 Å². The minimum atomic E-state index is -0.478. The van der Waals surface area contributed by atoms with Crippen molar-refractivity contribution in [1.82, 2.24) is 19.8 Å². The first kappa shape index (κ1) is 27.3. The van der Waals surface area contributed by atoms with Crippen LogP contribution in [0.4, 0.5) is 4.39 Å². The maximum Gasteiger partial charge on any atom is 0.258 e. The van der Waals surface area contributed by atoms with Crippen LogP contribution >= 0.6 is 11.6 Å². The number of aliphatic hydroxyl groups excluding tert-OH is 1. The molecule has 37 heavy (non-hydrogen) atoms. The number of benzene rings is 1. The third-order valence-corrected chi connectivity index (χ3v) is 7.47. The molecule has 3 N–H and O–H groups in total. The van der Waals surface area contributed by atoms with Gasteiger partial charge in [0.15, 0.2) is 5.82 Å². The molecule has 1 fully saturated rings. The molecule has 4 rings (SSSR count). The second-order valence-corrected chi connectivity index (χ2v) is 10.3. The van der Waals surface area contributed by atoms with Crippen LogP contribution in [0.5, 0.6) is 5.75 Å². The van der Waals surface area contributed by atoms with Crippen molar-refractivity contribution in [3.63, 3.8) is 0 Å². The van der Waals surface area contributed by atoms with E-state index in [-0.39, 0.29) is 54.6 Å². The molecular formula is C27H35ClFN5O3. The number of carbonyl (C=O) groups excluding carboxylic acids is 1. The fourth-order valence-corrected chi connectivity index (χ4v) is 5.34. The number of nitrogens with two attached hydrogens (primary N) is 1. The lowest BCUT2D eigenvalue weighted by Gasteiger charge is -2.31. The van der Waals surface area contributed by atoms with Crippen LogP contribution in [0.1, 0.15) is 62.6 Å². The Morgan fingerprint density at radius 1 is 1.30 bits per heavy atom. The predicted octanol–water partition coefficient (Wildman–Crippen LogP) is 3.88. The SMILES string of the molecule is CCCN1C(C[C@@H](CC)Oc2cc(F)ccc2C(=O)N2CC(N)=C(c3ncc(Cl)cn3)C2)CC(O)C1C. The Balaban J connectivity index is 1.50. The highest BCUT2D eigenvalue weighted by atomic mass is 35.5. The highest BCUT2D eigenvalue weighted by molar-refractivity contribution is 6.30. The van der Waals surface area contributed by atoms with E-state index in [1.165, 1.54) is 30.6 Å². The highest BCUT2D eigenvalue weighted by Gasteiger charge is 2.38. The van der Waals surface area contributed by atoms with E-state index < -0.39 is 5.82 Å². The Morgan fingerprint density at radius 3 is 2.70 bits per heavy atom. The zero-order valence-electron chi connectivity index (χ0n) is 21.5. The van der Waals surface area contributed by atoms with E-state index in [2.05, 4.69) is 21.8 Å². The van der Waals surface area contributed by atoms with Gasteiger partial charge in [-0.2, -0.15) is 0 Å². The van der Waals surface area contributed by atoms with E-state index in [0.29, 0.717) is 41.4 Å². The number of halogens is 2. The Bertz CT molecular complexity index is 1150. The van der Waals surface area contributed by atoms with Gasteiger partial charge >= 0.3 is 0 Å². The molecule has 0 spiro atoms. The lowest BCUT2D eigenvalue weighted by Crippen LogP contribution is -2.39. The molecular weight excluding hydrogens is 497 g/mol. The molecule has 1 aromatic heterocycles. The molecule has 0 radical (unpaired) electrons. The third kappa shape index (κ3) is 6.05. The zero-order valence-corrected chi connectivity index (χ0v) is 22.3. The number of hydrogen-bond acceptors (Lipinski definition) is 7. The smallest absolute Gasteiger partial charge is 0.258 e. The maximum atomic E-state index is 14.3. The predicted molar refractivity (Wildman–Crippen MR) is 141 cm³/mol. The van der Waals surface area contributed by atoms with Crippen LogP contribution in [-0.2, 0) is 0 Å². The Hall–Kier alpha value is -2.75. The number of aliphatic hydroxyl groups is 1. The summed E-state index contributed by atoms with van der Waals surface area (Å²) in [6, 6.07) is 4.22. The molecule has 0 aliphatic carbocycles. The van der Waals surface area contributed by atoms with Gasteiger partial charge in [-0.3, -0.25) is 9.69 Å². The van der Waals surface area contributed by atoms with Gasteiger partial charge in [-0.15, -0.1) is 0 Å². The monoisotopic (exact) mass is 531 g/mol. The van der Waals surface area contributed by atoms with E-state index in [4.69, 9.17) is 22.1 Å². The van der Waals surface area contributed by atoms with Crippen molar-refractivity contribution in [2.75, 3.05) is 19.6 Å². The molecule has 10 heteroatoms.